The molecule has 2 nitrogen and oxygen atoms in total. The Morgan fingerprint density at radius 2 is 2.10 bits per heavy atom. The fraction of sp³-hybridized carbons (Fsp3) is 0.412. The predicted octanol–water partition coefficient (Wildman–Crippen LogP) is 4.71. The SMILES string of the molecule is CCC(N)Cc1ccc(Cl)cc1N(CC)Cc1cccs1. The molecule has 2 N–H and O–H groups in total. The lowest BCUT2D eigenvalue weighted by Gasteiger charge is -2.26. The molecule has 0 spiro atoms. The van der Waals surface area contributed by atoms with Crippen molar-refractivity contribution < 1.29 is 0 Å². The number of anilines is 1. The molecule has 21 heavy (non-hydrogen) atoms. The minimum Gasteiger partial charge on any atom is -0.366 e. The summed E-state index contributed by atoms with van der Waals surface area (Å²) < 4.78 is 0. The van der Waals surface area contributed by atoms with Gasteiger partial charge >= 0.3 is 0 Å². The van der Waals surface area contributed by atoms with E-state index >= 15 is 0 Å². The molecule has 2 rings (SSSR count). The summed E-state index contributed by atoms with van der Waals surface area (Å²) in [5, 5.41) is 2.90. The minimum absolute atomic E-state index is 0.199. The summed E-state index contributed by atoms with van der Waals surface area (Å²) in [7, 11) is 0. The second kappa shape index (κ2) is 7.83. The van der Waals surface area contributed by atoms with Crippen molar-refractivity contribution in [2.24, 2.45) is 5.73 Å². The van der Waals surface area contributed by atoms with E-state index in [0.29, 0.717) is 0 Å². The molecule has 1 aromatic heterocycles. The number of benzene rings is 1. The van der Waals surface area contributed by atoms with E-state index in [4.69, 9.17) is 17.3 Å². The lowest BCUT2D eigenvalue weighted by Crippen LogP contribution is -2.26. The number of nitrogens with two attached hydrogens (primary N) is 1. The fourth-order valence-corrected chi connectivity index (χ4v) is 3.27. The van der Waals surface area contributed by atoms with Crippen molar-refractivity contribution in [2.75, 3.05) is 11.4 Å². The third kappa shape index (κ3) is 4.47. The topological polar surface area (TPSA) is 29.3 Å². The molecule has 2 aromatic rings. The normalized spacial score (nSPS) is 12.4. The Kier molecular flexibility index (Phi) is 6.09. The number of nitrogens with zero attached hydrogens (tertiary/aromatic N) is 1. The van der Waals surface area contributed by atoms with Crippen LogP contribution in [0.4, 0.5) is 5.69 Å². The van der Waals surface area contributed by atoms with Crippen LogP contribution in [0.3, 0.4) is 0 Å². The smallest absolute Gasteiger partial charge is 0.0522 e. The molecule has 0 amide bonds. The van der Waals surface area contributed by atoms with Gasteiger partial charge in [-0.2, -0.15) is 0 Å². The Labute approximate surface area is 136 Å². The van der Waals surface area contributed by atoms with Gasteiger partial charge in [-0.25, -0.2) is 0 Å². The third-order valence-corrected chi connectivity index (χ3v) is 4.80. The number of hydrogen-bond donors (Lipinski definition) is 1. The lowest BCUT2D eigenvalue weighted by molar-refractivity contribution is 0.644. The van der Waals surface area contributed by atoms with Crippen molar-refractivity contribution in [1.29, 1.82) is 0 Å². The molecule has 1 unspecified atom stereocenters. The lowest BCUT2D eigenvalue weighted by atomic mass is 10.0. The van der Waals surface area contributed by atoms with Gasteiger partial charge in [-0.3, -0.25) is 0 Å². The van der Waals surface area contributed by atoms with Gasteiger partial charge in [0, 0.05) is 28.2 Å². The summed E-state index contributed by atoms with van der Waals surface area (Å²) in [4.78, 5) is 3.73. The van der Waals surface area contributed by atoms with Gasteiger partial charge in [0.15, 0.2) is 0 Å². The van der Waals surface area contributed by atoms with E-state index in [1.165, 1.54) is 16.1 Å². The molecule has 0 saturated heterocycles. The highest BCUT2D eigenvalue weighted by Gasteiger charge is 2.13. The second-order valence-corrected chi connectivity index (χ2v) is 6.71. The fourth-order valence-electron chi connectivity index (χ4n) is 2.39. The third-order valence-electron chi connectivity index (χ3n) is 3.70. The average Bonchev–Trinajstić information content (AvgIpc) is 2.99. The molecule has 1 aromatic carbocycles. The maximum Gasteiger partial charge on any atom is 0.0522 e. The molecular weight excluding hydrogens is 300 g/mol. The number of thiophene rings is 1. The molecular formula is C17H23ClN2S. The zero-order valence-corrected chi connectivity index (χ0v) is 14.3. The van der Waals surface area contributed by atoms with Crippen LogP contribution in [0, 0.1) is 0 Å². The van der Waals surface area contributed by atoms with Gasteiger partial charge in [0.25, 0.3) is 0 Å². The van der Waals surface area contributed by atoms with Crippen LogP contribution in [0.15, 0.2) is 35.7 Å². The first-order chi connectivity index (χ1) is 10.1. The van der Waals surface area contributed by atoms with E-state index in [-0.39, 0.29) is 6.04 Å². The predicted molar refractivity (Wildman–Crippen MR) is 94.5 cm³/mol. The number of halogens is 1. The molecule has 0 aliphatic carbocycles. The van der Waals surface area contributed by atoms with Gasteiger partial charge in [0.2, 0.25) is 0 Å². The molecule has 0 radical (unpaired) electrons. The van der Waals surface area contributed by atoms with Gasteiger partial charge in [-0.15, -0.1) is 11.3 Å². The highest BCUT2D eigenvalue weighted by Crippen LogP contribution is 2.28. The van der Waals surface area contributed by atoms with Crippen LogP contribution in [0.25, 0.3) is 0 Å². The second-order valence-electron chi connectivity index (χ2n) is 5.24. The summed E-state index contributed by atoms with van der Waals surface area (Å²) in [6, 6.07) is 10.6. The molecule has 4 heteroatoms. The van der Waals surface area contributed by atoms with Gasteiger partial charge in [-0.1, -0.05) is 30.7 Å². The summed E-state index contributed by atoms with van der Waals surface area (Å²) in [5.74, 6) is 0. The molecule has 1 atom stereocenters. The van der Waals surface area contributed by atoms with Crippen LogP contribution >= 0.6 is 22.9 Å². The van der Waals surface area contributed by atoms with Crippen molar-refractivity contribution in [1.82, 2.24) is 0 Å². The number of hydrogen-bond acceptors (Lipinski definition) is 3. The van der Waals surface area contributed by atoms with Crippen LogP contribution in [0.2, 0.25) is 5.02 Å². The van der Waals surface area contributed by atoms with Gasteiger partial charge in [-0.05, 0) is 48.9 Å². The van der Waals surface area contributed by atoms with Crippen molar-refractivity contribution in [2.45, 2.75) is 39.3 Å². The Balaban J connectivity index is 2.27. The van der Waals surface area contributed by atoms with E-state index in [9.17, 15) is 0 Å². The summed E-state index contributed by atoms with van der Waals surface area (Å²) in [5.41, 5.74) is 8.63. The van der Waals surface area contributed by atoms with Crippen molar-refractivity contribution in [3.05, 3.63) is 51.2 Å². The zero-order valence-electron chi connectivity index (χ0n) is 12.7. The largest absolute Gasteiger partial charge is 0.366 e. The Bertz CT molecular complexity index is 554. The maximum absolute atomic E-state index is 6.21. The van der Waals surface area contributed by atoms with E-state index in [0.717, 1.165) is 31.0 Å². The van der Waals surface area contributed by atoms with E-state index in [1.807, 2.05) is 6.07 Å². The van der Waals surface area contributed by atoms with Crippen LogP contribution in [-0.2, 0) is 13.0 Å². The summed E-state index contributed by atoms with van der Waals surface area (Å²) in [6.45, 7) is 6.18. The molecule has 0 fully saturated rings. The molecule has 0 saturated carbocycles. The van der Waals surface area contributed by atoms with Crippen molar-refractivity contribution in [3.8, 4) is 0 Å². The summed E-state index contributed by atoms with van der Waals surface area (Å²) >= 11 is 8.01. The Hall–Kier alpha value is -1.03. The molecule has 1 heterocycles. The van der Waals surface area contributed by atoms with Gasteiger partial charge < -0.3 is 10.6 Å². The van der Waals surface area contributed by atoms with Crippen LogP contribution in [0.1, 0.15) is 30.7 Å². The van der Waals surface area contributed by atoms with Crippen molar-refractivity contribution >= 4 is 28.6 Å². The quantitative estimate of drug-likeness (QED) is 0.800. The van der Waals surface area contributed by atoms with Crippen molar-refractivity contribution in [3.63, 3.8) is 0 Å². The Morgan fingerprint density at radius 1 is 1.29 bits per heavy atom. The van der Waals surface area contributed by atoms with Crippen LogP contribution in [0.5, 0.6) is 0 Å². The van der Waals surface area contributed by atoms with E-state index < -0.39 is 0 Å². The molecule has 0 aliphatic rings. The maximum atomic E-state index is 6.21. The highest BCUT2D eigenvalue weighted by molar-refractivity contribution is 7.09. The molecule has 0 aliphatic heterocycles. The molecule has 0 bridgehead atoms. The first-order valence-electron chi connectivity index (χ1n) is 7.45. The Morgan fingerprint density at radius 3 is 2.71 bits per heavy atom. The van der Waals surface area contributed by atoms with Crippen LogP contribution in [-0.4, -0.2) is 12.6 Å². The van der Waals surface area contributed by atoms with E-state index in [2.05, 4.69) is 48.4 Å². The first-order valence-corrected chi connectivity index (χ1v) is 8.71. The molecule has 114 valence electrons. The monoisotopic (exact) mass is 322 g/mol. The first kappa shape index (κ1) is 16.3. The zero-order chi connectivity index (χ0) is 15.2. The van der Waals surface area contributed by atoms with Crippen LogP contribution < -0.4 is 10.6 Å². The van der Waals surface area contributed by atoms with Gasteiger partial charge in [0.1, 0.15) is 0 Å². The minimum atomic E-state index is 0.199. The van der Waals surface area contributed by atoms with E-state index in [1.54, 1.807) is 11.3 Å². The highest BCUT2D eigenvalue weighted by atomic mass is 35.5. The average molecular weight is 323 g/mol. The van der Waals surface area contributed by atoms with Gasteiger partial charge in [0.05, 0.1) is 6.54 Å². The number of rotatable bonds is 7. The summed E-state index contributed by atoms with van der Waals surface area (Å²) in [6.07, 6.45) is 1.88. The standard InChI is InChI=1S/C17H23ClN2S/c1-3-15(19)10-13-7-8-14(18)11-17(13)20(4-2)12-16-6-5-9-21-16/h5-9,11,15H,3-4,10,12,19H2,1-2H3.